The van der Waals surface area contributed by atoms with Crippen molar-refractivity contribution >= 4 is 27.5 Å². The van der Waals surface area contributed by atoms with Crippen LogP contribution in [-0.4, -0.2) is 58.0 Å². The van der Waals surface area contributed by atoms with Crippen molar-refractivity contribution < 1.29 is 31.9 Å². The Morgan fingerprint density at radius 2 is 1.60 bits per heavy atom. The number of ether oxygens (including phenoxy) is 2. The van der Waals surface area contributed by atoms with E-state index in [4.69, 9.17) is 9.47 Å². The zero-order valence-corrected chi connectivity index (χ0v) is 24.8. The molecule has 1 fully saturated rings. The second-order valence-electron chi connectivity index (χ2n) is 10.2. The van der Waals surface area contributed by atoms with Crippen LogP contribution in [-0.2, 0) is 26.2 Å². The molecule has 1 N–H and O–H groups in total. The van der Waals surface area contributed by atoms with Gasteiger partial charge in [0.25, 0.3) is 10.0 Å². The standard InChI is InChI=1S/C31H36FN3O6S/c1-22(31(37)33-25-9-7-8-10-25)34(20-23-13-15-24(32)16-14-23)30(36)21-35(26-11-5-4-6-12-26)42(38,39)27-17-18-28(40-2)29(19-27)41-3/h4-6,11-19,22,25H,7-10,20-21H2,1-3H3,(H,33,37). The van der Waals surface area contributed by atoms with Gasteiger partial charge in [-0.2, -0.15) is 0 Å². The van der Waals surface area contributed by atoms with E-state index in [0.717, 1.165) is 30.0 Å². The number of hydrogen-bond acceptors (Lipinski definition) is 6. The summed E-state index contributed by atoms with van der Waals surface area (Å²) in [5.74, 6) is -0.785. The van der Waals surface area contributed by atoms with Crippen LogP contribution in [0.25, 0.3) is 0 Å². The molecule has 1 atom stereocenters. The minimum Gasteiger partial charge on any atom is -0.493 e. The maximum Gasteiger partial charge on any atom is 0.264 e. The van der Waals surface area contributed by atoms with Crippen molar-refractivity contribution in [2.75, 3.05) is 25.1 Å². The number of para-hydroxylation sites is 1. The smallest absolute Gasteiger partial charge is 0.264 e. The van der Waals surface area contributed by atoms with Gasteiger partial charge in [-0.1, -0.05) is 43.2 Å². The lowest BCUT2D eigenvalue weighted by Gasteiger charge is -2.32. The molecule has 1 unspecified atom stereocenters. The maximum atomic E-state index is 14.0. The third-order valence-electron chi connectivity index (χ3n) is 7.40. The summed E-state index contributed by atoms with van der Waals surface area (Å²) in [5, 5.41) is 3.02. The van der Waals surface area contributed by atoms with Gasteiger partial charge in [-0.25, -0.2) is 12.8 Å². The minimum absolute atomic E-state index is 0.0165. The number of amides is 2. The molecular weight excluding hydrogens is 561 g/mol. The zero-order chi connectivity index (χ0) is 30.3. The van der Waals surface area contributed by atoms with Crippen LogP contribution in [0.3, 0.4) is 0 Å². The maximum absolute atomic E-state index is 14.0. The van der Waals surface area contributed by atoms with Gasteiger partial charge in [0.1, 0.15) is 18.4 Å². The highest BCUT2D eigenvalue weighted by Crippen LogP contribution is 2.32. The van der Waals surface area contributed by atoms with Crippen molar-refractivity contribution in [1.82, 2.24) is 10.2 Å². The Kier molecular flexibility index (Phi) is 10.1. The highest BCUT2D eigenvalue weighted by Gasteiger charge is 2.33. The highest BCUT2D eigenvalue weighted by molar-refractivity contribution is 7.92. The third-order valence-corrected chi connectivity index (χ3v) is 9.17. The lowest BCUT2D eigenvalue weighted by Crippen LogP contribution is -2.52. The molecule has 0 saturated heterocycles. The number of methoxy groups -OCH3 is 2. The summed E-state index contributed by atoms with van der Waals surface area (Å²) in [6, 6.07) is 17.2. The molecule has 4 rings (SSSR count). The predicted molar refractivity (Wildman–Crippen MR) is 157 cm³/mol. The first-order valence-electron chi connectivity index (χ1n) is 13.8. The summed E-state index contributed by atoms with van der Waals surface area (Å²) in [6.07, 6.45) is 3.79. The minimum atomic E-state index is -4.28. The Morgan fingerprint density at radius 3 is 2.21 bits per heavy atom. The second-order valence-corrected chi connectivity index (χ2v) is 12.0. The molecule has 42 heavy (non-hydrogen) atoms. The molecular formula is C31H36FN3O6S. The number of nitrogens with one attached hydrogen (secondary N) is 1. The number of rotatable bonds is 12. The molecule has 1 aliphatic rings. The van der Waals surface area contributed by atoms with Crippen LogP contribution in [0.4, 0.5) is 10.1 Å². The average molecular weight is 598 g/mol. The summed E-state index contributed by atoms with van der Waals surface area (Å²) in [6.45, 7) is 1.02. The molecule has 9 nitrogen and oxygen atoms in total. The van der Waals surface area contributed by atoms with Gasteiger partial charge in [0.2, 0.25) is 11.8 Å². The Balaban J connectivity index is 1.69. The largest absolute Gasteiger partial charge is 0.493 e. The van der Waals surface area contributed by atoms with E-state index in [-0.39, 0.29) is 34.8 Å². The van der Waals surface area contributed by atoms with Crippen molar-refractivity contribution in [3.63, 3.8) is 0 Å². The van der Waals surface area contributed by atoms with Gasteiger partial charge in [0.05, 0.1) is 24.8 Å². The van der Waals surface area contributed by atoms with Crippen molar-refractivity contribution in [3.05, 3.63) is 84.2 Å². The number of nitrogens with zero attached hydrogens (tertiary/aromatic N) is 2. The second kappa shape index (κ2) is 13.7. The Bertz CT molecular complexity index is 1480. The van der Waals surface area contributed by atoms with E-state index in [9.17, 15) is 22.4 Å². The molecule has 1 aliphatic carbocycles. The molecule has 0 bridgehead atoms. The van der Waals surface area contributed by atoms with Gasteiger partial charge in [0, 0.05) is 18.7 Å². The number of hydrogen-bond donors (Lipinski definition) is 1. The quantitative estimate of drug-likeness (QED) is 0.329. The number of carbonyl (C=O) groups excluding carboxylic acids is 2. The number of benzene rings is 3. The number of halogens is 1. The first kappa shape index (κ1) is 30.8. The van der Waals surface area contributed by atoms with Crippen LogP contribution in [0.2, 0.25) is 0 Å². The summed E-state index contributed by atoms with van der Waals surface area (Å²) in [4.78, 5) is 28.5. The van der Waals surface area contributed by atoms with Gasteiger partial charge in [-0.05, 0) is 61.7 Å². The fraction of sp³-hybridized carbons (Fsp3) is 0.355. The van der Waals surface area contributed by atoms with E-state index in [2.05, 4.69) is 5.32 Å². The normalized spacial score (nSPS) is 14.2. The highest BCUT2D eigenvalue weighted by atomic mass is 32.2. The molecule has 0 aliphatic heterocycles. The van der Waals surface area contributed by atoms with Crippen molar-refractivity contribution in [3.8, 4) is 11.5 Å². The third kappa shape index (κ3) is 7.20. The van der Waals surface area contributed by atoms with E-state index in [1.54, 1.807) is 37.3 Å². The predicted octanol–water partition coefficient (Wildman–Crippen LogP) is 4.51. The Labute approximate surface area is 246 Å². The van der Waals surface area contributed by atoms with E-state index < -0.39 is 34.3 Å². The fourth-order valence-corrected chi connectivity index (χ4v) is 6.42. The van der Waals surface area contributed by atoms with Crippen LogP contribution in [0.15, 0.2) is 77.7 Å². The van der Waals surface area contributed by atoms with Crippen molar-refractivity contribution in [2.24, 2.45) is 0 Å². The van der Waals surface area contributed by atoms with Crippen LogP contribution in [0, 0.1) is 5.82 Å². The van der Waals surface area contributed by atoms with E-state index in [1.165, 1.54) is 61.6 Å². The molecule has 0 aromatic heterocycles. The lowest BCUT2D eigenvalue weighted by atomic mass is 10.1. The number of anilines is 1. The van der Waals surface area contributed by atoms with Gasteiger partial charge < -0.3 is 19.7 Å². The lowest BCUT2D eigenvalue weighted by molar-refractivity contribution is -0.139. The average Bonchev–Trinajstić information content (AvgIpc) is 3.52. The van der Waals surface area contributed by atoms with Crippen LogP contribution in [0.5, 0.6) is 11.5 Å². The molecule has 2 amide bonds. The molecule has 3 aromatic rings. The zero-order valence-electron chi connectivity index (χ0n) is 24.0. The number of sulfonamides is 1. The van der Waals surface area contributed by atoms with Gasteiger partial charge in [0.15, 0.2) is 11.5 Å². The van der Waals surface area contributed by atoms with Crippen molar-refractivity contribution in [1.29, 1.82) is 0 Å². The van der Waals surface area contributed by atoms with E-state index in [0.29, 0.717) is 11.3 Å². The fourth-order valence-electron chi connectivity index (χ4n) is 4.99. The molecule has 11 heteroatoms. The monoisotopic (exact) mass is 597 g/mol. The molecule has 0 heterocycles. The number of carbonyl (C=O) groups is 2. The molecule has 3 aromatic carbocycles. The van der Waals surface area contributed by atoms with Crippen LogP contribution >= 0.6 is 0 Å². The Hall–Kier alpha value is -4.12. The summed E-state index contributed by atoms with van der Waals surface area (Å²) in [7, 11) is -1.44. The van der Waals surface area contributed by atoms with E-state index in [1.807, 2.05) is 0 Å². The van der Waals surface area contributed by atoms with Crippen molar-refractivity contribution in [2.45, 2.75) is 56.1 Å². The summed E-state index contributed by atoms with van der Waals surface area (Å²) in [5.41, 5.74) is 0.865. The van der Waals surface area contributed by atoms with Gasteiger partial charge in [-0.3, -0.25) is 13.9 Å². The topological polar surface area (TPSA) is 105 Å². The molecule has 0 radical (unpaired) electrons. The summed E-state index contributed by atoms with van der Waals surface area (Å²) >= 11 is 0. The molecule has 0 spiro atoms. The molecule has 1 saturated carbocycles. The van der Waals surface area contributed by atoms with Gasteiger partial charge >= 0.3 is 0 Å². The summed E-state index contributed by atoms with van der Waals surface area (Å²) < 4.78 is 53.2. The molecule has 224 valence electrons. The van der Waals surface area contributed by atoms with Crippen LogP contribution < -0.4 is 19.1 Å². The Morgan fingerprint density at radius 1 is 0.952 bits per heavy atom. The van der Waals surface area contributed by atoms with Gasteiger partial charge in [-0.15, -0.1) is 0 Å². The van der Waals surface area contributed by atoms with Crippen LogP contribution in [0.1, 0.15) is 38.2 Å². The SMILES string of the molecule is COc1ccc(S(=O)(=O)N(CC(=O)N(Cc2ccc(F)cc2)C(C)C(=O)NC2CCCC2)c2ccccc2)cc1OC. The van der Waals surface area contributed by atoms with E-state index >= 15 is 0 Å². The first-order chi connectivity index (χ1) is 20.1. The first-order valence-corrected chi connectivity index (χ1v) is 15.2.